The molecule has 2 heterocycles. The summed E-state index contributed by atoms with van der Waals surface area (Å²) in [5.41, 5.74) is 6.83. The van der Waals surface area contributed by atoms with E-state index in [0.717, 1.165) is 6.54 Å². The van der Waals surface area contributed by atoms with Crippen LogP contribution in [-0.2, 0) is 11.2 Å². The van der Waals surface area contributed by atoms with Gasteiger partial charge in [0.05, 0.1) is 12.7 Å². The molecule has 1 unspecified atom stereocenters. The molecule has 1 aromatic heterocycles. The van der Waals surface area contributed by atoms with Crippen molar-refractivity contribution in [1.29, 1.82) is 0 Å². The van der Waals surface area contributed by atoms with Crippen LogP contribution in [0, 0.1) is 5.82 Å². The molecule has 0 spiro atoms. The second kappa shape index (κ2) is 8.24. The number of amides is 2. The highest BCUT2D eigenvalue weighted by molar-refractivity contribution is 6.05. The lowest BCUT2D eigenvalue weighted by Crippen LogP contribution is -2.33. The maximum absolute atomic E-state index is 14.4. The van der Waals surface area contributed by atoms with Crippen LogP contribution in [0.1, 0.15) is 45.1 Å². The molecule has 2 aromatic rings. The molecule has 142 valence electrons. The number of halogens is 1. The Morgan fingerprint density at radius 2 is 2.19 bits per heavy atom. The fourth-order valence-corrected chi connectivity index (χ4v) is 2.86. The normalized spacial score (nSPS) is 16.7. The van der Waals surface area contributed by atoms with Gasteiger partial charge in [0.2, 0.25) is 0 Å². The van der Waals surface area contributed by atoms with Crippen molar-refractivity contribution in [3.63, 3.8) is 0 Å². The van der Waals surface area contributed by atoms with Gasteiger partial charge in [-0.15, -0.1) is 0 Å². The summed E-state index contributed by atoms with van der Waals surface area (Å²) in [6.45, 7) is 3.65. The average molecular weight is 372 g/mol. The Bertz CT molecular complexity index is 866. The zero-order chi connectivity index (χ0) is 19.4. The number of ether oxygens (including phenoxy) is 1. The summed E-state index contributed by atoms with van der Waals surface area (Å²) in [6, 6.07) is 7.37. The van der Waals surface area contributed by atoms with Crippen LogP contribution in [0.4, 0.5) is 10.1 Å². The van der Waals surface area contributed by atoms with Crippen LogP contribution in [0.25, 0.3) is 0 Å². The largest absolute Gasteiger partial charge is 0.371 e. The highest BCUT2D eigenvalue weighted by Crippen LogP contribution is 2.24. The molecule has 7 nitrogen and oxygen atoms in total. The van der Waals surface area contributed by atoms with Crippen LogP contribution in [-0.4, -0.2) is 36.5 Å². The summed E-state index contributed by atoms with van der Waals surface area (Å²) in [5, 5.41) is 5.78. The second-order valence-electron chi connectivity index (χ2n) is 6.20. The van der Waals surface area contributed by atoms with Crippen molar-refractivity contribution in [2.75, 3.05) is 25.0 Å². The summed E-state index contributed by atoms with van der Waals surface area (Å²) in [6.07, 6.45) is 0.189. The number of morpholine rings is 1. The van der Waals surface area contributed by atoms with Crippen LogP contribution in [0.3, 0.4) is 0 Å². The smallest absolute Gasteiger partial charge is 0.267 e. The molecular weight excluding hydrogens is 351 g/mol. The number of hydrogen-bond donors (Lipinski definition) is 3. The number of nitrogens with one attached hydrogen (secondary N) is 2. The van der Waals surface area contributed by atoms with E-state index in [4.69, 9.17) is 10.5 Å². The maximum atomic E-state index is 14.4. The minimum Gasteiger partial charge on any atom is -0.371 e. The molecule has 2 amide bonds. The third kappa shape index (κ3) is 4.47. The summed E-state index contributed by atoms with van der Waals surface area (Å²) in [5.74, 6) is -1.64. The maximum Gasteiger partial charge on any atom is 0.267 e. The van der Waals surface area contributed by atoms with E-state index in [1.165, 1.54) is 12.1 Å². The van der Waals surface area contributed by atoms with Gasteiger partial charge in [0.1, 0.15) is 11.5 Å². The second-order valence-corrected chi connectivity index (χ2v) is 6.20. The summed E-state index contributed by atoms with van der Waals surface area (Å²) < 4.78 is 20.0. The number of rotatable bonds is 5. The van der Waals surface area contributed by atoms with E-state index in [-0.39, 0.29) is 17.4 Å². The number of pyridine rings is 1. The highest BCUT2D eigenvalue weighted by atomic mass is 19.1. The van der Waals surface area contributed by atoms with Crippen molar-refractivity contribution >= 4 is 17.5 Å². The Kier molecular flexibility index (Phi) is 5.78. The lowest BCUT2D eigenvalue weighted by molar-refractivity contribution is 0.0255. The van der Waals surface area contributed by atoms with Crippen molar-refractivity contribution in [3.8, 4) is 0 Å². The van der Waals surface area contributed by atoms with Crippen molar-refractivity contribution in [3.05, 3.63) is 58.7 Å². The molecule has 0 aliphatic carbocycles. The molecule has 3 rings (SSSR count). The molecule has 1 aliphatic rings. The molecule has 27 heavy (non-hydrogen) atoms. The molecule has 4 N–H and O–H groups in total. The zero-order valence-electron chi connectivity index (χ0n) is 14.9. The van der Waals surface area contributed by atoms with Crippen LogP contribution >= 0.6 is 0 Å². The van der Waals surface area contributed by atoms with E-state index in [1.54, 1.807) is 18.2 Å². The van der Waals surface area contributed by atoms with E-state index in [9.17, 15) is 14.0 Å². The van der Waals surface area contributed by atoms with Gasteiger partial charge < -0.3 is 21.1 Å². The van der Waals surface area contributed by atoms with Crippen molar-refractivity contribution in [2.45, 2.75) is 19.4 Å². The van der Waals surface area contributed by atoms with Gasteiger partial charge in [-0.25, -0.2) is 9.37 Å². The number of carbonyl (C=O) groups is 2. The number of benzene rings is 1. The Morgan fingerprint density at radius 1 is 1.37 bits per heavy atom. The third-order valence-corrected chi connectivity index (χ3v) is 4.29. The van der Waals surface area contributed by atoms with Crippen LogP contribution in [0.5, 0.6) is 0 Å². The lowest BCUT2D eigenvalue weighted by Gasteiger charge is -2.24. The van der Waals surface area contributed by atoms with Gasteiger partial charge in [-0.05, 0) is 30.7 Å². The first-order valence-electron chi connectivity index (χ1n) is 8.71. The van der Waals surface area contributed by atoms with E-state index in [0.29, 0.717) is 36.5 Å². The summed E-state index contributed by atoms with van der Waals surface area (Å²) >= 11 is 0. The number of aromatic nitrogens is 1. The van der Waals surface area contributed by atoms with Gasteiger partial charge in [-0.3, -0.25) is 9.59 Å². The molecular formula is C19H21FN4O3. The number of nitrogens with two attached hydrogens (primary N) is 1. The first kappa shape index (κ1) is 18.9. The molecule has 1 aliphatic heterocycles. The van der Waals surface area contributed by atoms with E-state index in [2.05, 4.69) is 15.6 Å². The van der Waals surface area contributed by atoms with Gasteiger partial charge in [0, 0.05) is 35.6 Å². The molecule has 8 heteroatoms. The summed E-state index contributed by atoms with van der Waals surface area (Å²) in [7, 11) is 0. The molecule has 1 fully saturated rings. The number of primary amides is 1. The Labute approximate surface area is 156 Å². The van der Waals surface area contributed by atoms with Gasteiger partial charge in [0.25, 0.3) is 11.8 Å². The molecule has 1 saturated heterocycles. The standard InChI is InChI=1S/C19H21FN4O3/c1-2-12-7-11(8-16(23-12)18(21)25)19(26)24-13-3-4-14(15(20)9-13)17-10-22-5-6-27-17/h3-4,7-9,17,22H,2,5-6,10H2,1H3,(H2,21,25)(H,24,26). The topological polar surface area (TPSA) is 106 Å². The number of aryl methyl sites for hydroxylation is 1. The van der Waals surface area contributed by atoms with Crippen LogP contribution in [0.15, 0.2) is 30.3 Å². The van der Waals surface area contributed by atoms with E-state index >= 15 is 0 Å². The fourth-order valence-electron chi connectivity index (χ4n) is 2.86. The minimum atomic E-state index is -0.712. The number of anilines is 1. The Balaban J connectivity index is 1.79. The van der Waals surface area contributed by atoms with Crippen molar-refractivity contribution in [2.24, 2.45) is 5.73 Å². The van der Waals surface area contributed by atoms with Gasteiger partial charge >= 0.3 is 0 Å². The van der Waals surface area contributed by atoms with Crippen molar-refractivity contribution in [1.82, 2.24) is 10.3 Å². The van der Waals surface area contributed by atoms with Gasteiger partial charge in [-0.2, -0.15) is 0 Å². The Hall–Kier alpha value is -2.84. The van der Waals surface area contributed by atoms with Gasteiger partial charge in [-0.1, -0.05) is 13.0 Å². The molecule has 0 bridgehead atoms. The van der Waals surface area contributed by atoms with Crippen molar-refractivity contribution < 1.29 is 18.7 Å². The molecule has 1 aromatic carbocycles. The number of hydrogen-bond acceptors (Lipinski definition) is 5. The predicted octanol–water partition coefficient (Wildman–Crippen LogP) is 1.80. The third-order valence-electron chi connectivity index (χ3n) is 4.29. The first-order valence-corrected chi connectivity index (χ1v) is 8.71. The summed E-state index contributed by atoms with van der Waals surface area (Å²) in [4.78, 5) is 28.0. The zero-order valence-corrected chi connectivity index (χ0v) is 14.9. The Morgan fingerprint density at radius 3 is 2.81 bits per heavy atom. The van der Waals surface area contributed by atoms with Crippen LogP contribution in [0.2, 0.25) is 0 Å². The van der Waals surface area contributed by atoms with E-state index in [1.807, 2.05) is 6.92 Å². The number of nitrogens with zero attached hydrogens (tertiary/aromatic N) is 1. The average Bonchev–Trinajstić information content (AvgIpc) is 2.68. The molecule has 0 radical (unpaired) electrons. The molecule has 0 saturated carbocycles. The molecule has 1 atom stereocenters. The predicted molar refractivity (Wildman–Crippen MR) is 98.0 cm³/mol. The lowest BCUT2D eigenvalue weighted by atomic mass is 10.1. The first-order chi connectivity index (χ1) is 13.0. The van der Waals surface area contributed by atoms with E-state index < -0.39 is 17.6 Å². The SMILES string of the molecule is CCc1cc(C(=O)Nc2ccc(C3CNCCO3)c(F)c2)cc(C(N)=O)n1. The quantitative estimate of drug-likeness (QED) is 0.742. The number of carbonyl (C=O) groups excluding carboxylic acids is 2. The monoisotopic (exact) mass is 372 g/mol. The van der Waals surface area contributed by atoms with Crippen LogP contribution < -0.4 is 16.4 Å². The minimum absolute atomic E-state index is 0.0166. The highest BCUT2D eigenvalue weighted by Gasteiger charge is 2.20. The fraction of sp³-hybridized carbons (Fsp3) is 0.316. The van der Waals surface area contributed by atoms with Gasteiger partial charge in [0.15, 0.2) is 0 Å².